The molecule has 0 saturated carbocycles. The monoisotopic (exact) mass is 456 g/mol. The molecular formula is C22H15F3N4O4. The maximum absolute atomic E-state index is 12.5. The molecule has 0 atom stereocenters. The number of amides is 2. The fourth-order valence-electron chi connectivity index (χ4n) is 3.18. The average molecular weight is 456 g/mol. The number of nitrogens with one attached hydrogen (secondary N) is 3. The van der Waals surface area contributed by atoms with E-state index in [0.29, 0.717) is 22.0 Å². The zero-order valence-corrected chi connectivity index (χ0v) is 16.6. The number of halogens is 3. The molecule has 0 unspecified atom stereocenters. The minimum atomic E-state index is -4.79. The van der Waals surface area contributed by atoms with Gasteiger partial charge in [-0.3, -0.25) is 19.9 Å². The van der Waals surface area contributed by atoms with E-state index in [4.69, 9.17) is 5.21 Å². The first-order chi connectivity index (χ1) is 15.7. The predicted octanol–water partition coefficient (Wildman–Crippen LogP) is 4.50. The summed E-state index contributed by atoms with van der Waals surface area (Å²) in [4.78, 5) is 23.9. The van der Waals surface area contributed by atoms with Gasteiger partial charge in [-0.25, -0.2) is 5.48 Å². The van der Waals surface area contributed by atoms with Crippen molar-refractivity contribution in [3.8, 4) is 16.9 Å². The Hall–Kier alpha value is -4.38. The minimum Gasteiger partial charge on any atom is -0.406 e. The van der Waals surface area contributed by atoms with Gasteiger partial charge in [-0.15, -0.1) is 13.2 Å². The third-order valence-corrected chi connectivity index (χ3v) is 4.71. The Morgan fingerprint density at radius 3 is 2.24 bits per heavy atom. The number of aromatic nitrogens is 2. The van der Waals surface area contributed by atoms with Crippen LogP contribution in [0.1, 0.15) is 20.7 Å². The van der Waals surface area contributed by atoms with E-state index < -0.39 is 18.2 Å². The van der Waals surface area contributed by atoms with E-state index in [-0.39, 0.29) is 22.7 Å². The highest BCUT2D eigenvalue weighted by Crippen LogP contribution is 2.31. The highest BCUT2D eigenvalue weighted by molar-refractivity contribution is 6.08. The van der Waals surface area contributed by atoms with Gasteiger partial charge in [-0.1, -0.05) is 18.2 Å². The quantitative estimate of drug-likeness (QED) is 0.261. The summed E-state index contributed by atoms with van der Waals surface area (Å²) in [5.74, 6) is -1.25. The highest BCUT2D eigenvalue weighted by atomic mass is 19.4. The molecule has 168 valence electrons. The number of anilines is 1. The maximum atomic E-state index is 12.5. The second-order valence-corrected chi connectivity index (χ2v) is 6.88. The molecule has 0 bridgehead atoms. The number of ether oxygens (including phenoxy) is 1. The Kier molecular flexibility index (Phi) is 5.71. The molecule has 4 aromatic rings. The highest BCUT2D eigenvalue weighted by Gasteiger charge is 2.31. The Morgan fingerprint density at radius 2 is 1.58 bits per heavy atom. The van der Waals surface area contributed by atoms with Gasteiger partial charge in [-0.2, -0.15) is 5.10 Å². The van der Waals surface area contributed by atoms with Gasteiger partial charge in [0.15, 0.2) is 5.82 Å². The van der Waals surface area contributed by atoms with Gasteiger partial charge >= 0.3 is 6.36 Å². The Bertz CT molecular complexity index is 1330. The molecule has 33 heavy (non-hydrogen) atoms. The topological polar surface area (TPSA) is 116 Å². The van der Waals surface area contributed by atoms with Crippen LogP contribution < -0.4 is 15.5 Å². The summed E-state index contributed by atoms with van der Waals surface area (Å²) in [6.45, 7) is 0. The van der Waals surface area contributed by atoms with Crippen LogP contribution in [-0.2, 0) is 0 Å². The van der Waals surface area contributed by atoms with E-state index >= 15 is 0 Å². The van der Waals surface area contributed by atoms with Crippen molar-refractivity contribution in [2.24, 2.45) is 0 Å². The summed E-state index contributed by atoms with van der Waals surface area (Å²) in [6, 6.07) is 16.2. The molecule has 0 saturated heterocycles. The van der Waals surface area contributed by atoms with Crippen LogP contribution in [0.4, 0.5) is 19.0 Å². The Morgan fingerprint density at radius 1 is 0.909 bits per heavy atom. The number of carbonyl (C=O) groups is 2. The van der Waals surface area contributed by atoms with Gasteiger partial charge in [0.2, 0.25) is 0 Å². The smallest absolute Gasteiger partial charge is 0.406 e. The van der Waals surface area contributed by atoms with Gasteiger partial charge in [0.1, 0.15) is 5.75 Å². The summed E-state index contributed by atoms with van der Waals surface area (Å²) in [5.41, 5.74) is 3.63. The second kappa shape index (κ2) is 8.63. The van der Waals surface area contributed by atoms with Crippen molar-refractivity contribution in [1.82, 2.24) is 15.7 Å². The summed E-state index contributed by atoms with van der Waals surface area (Å²) >= 11 is 0. The van der Waals surface area contributed by atoms with Crippen LogP contribution in [0.25, 0.3) is 22.0 Å². The number of H-pyrrole nitrogens is 1. The third kappa shape index (κ3) is 4.93. The van der Waals surface area contributed by atoms with Gasteiger partial charge in [0.05, 0.1) is 5.52 Å². The van der Waals surface area contributed by atoms with E-state index in [1.54, 1.807) is 24.3 Å². The summed E-state index contributed by atoms with van der Waals surface area (Å²) in [6.07, 6.45) is -4.79. The lowest BCUT2D eigenvalue weighted by Gasteiger charge is -2.10. The summed E-state index contributed by atoms with van der Waals surface area (Å²) < 4.78 is 41.4. The normalized spacial score (nSPS) is 11.3. The molecule has 8 nitrogen and oxygen atoms in total. The van der Waals surface area contributed by atoms with Crippen LogP contribution >= 0.6 is 0 Å². The second-order valence-electron chi connectivity index (χ2n) is 6.88. The fourth-order valence-corrected chi connectivity index (χ4v) is 3.18. The van der Waals surface area contributed by atoms with Crippen molar-refractivity contribution >= 4 is 28.5 Å². The third-order valence-electron chi connectivity index (χ3n) is 4.71. The van der Waals surface area contributed by atoms with E-state index in [2.05, 4.69) is 20.3 Å². The first kappa shape index (κ1) is 21.8. The molecule has 4 rings (SSSR count). The maximum Gasteiger partial charge on any atom is 0.573 e. The summed E-state index contributed by atoms with van der Waals surface area (Å²) in [5, 5.41) is 18.8. The van der Waals surface area contributed by atoms with Crippen molar-refractivity contribution in [1.29, 1.82) is 0 Å². The van der Waals surface area contributed by atoms with Gasteiger partial charge < -0.3 is 10.1 Å². The summed E-state index contributed by atoms with van der Waals surface area (Å²) in [7, 11) is 0. The molecule has 1 aromatic heterocycles. The molecule has 11 heteroatoms. The molecule has 0 aliphatic rings. The van der Waals surface area contributed by atoms with Crippen LogP contribution in [0.2, 0.25) is 0 Å². The van der Waals surface area contributed by atoms with E-state index in [1.165, 1.54) is 47.9 Å². The number of hydroxylamine groups is 1. The molecular weight excluding hydrogens is 441 g/mol. The van der Waals surface area contributed by atoms with Crippen molar-refractivity contribution in [2.75, 3.05) is 5.32 Å². The van der Waals surface area contributed by atoms with E-state index in [0.717, 1.165) is 0 Å². The molecule has 3 aromatic carbocycles. The Labute approximate surface area is 184 Å². The molecule has 0 fully saturated rings. The zero-order valence-electron chi connectivity index (χ0n) is 16.6. The molecule has 4 N–H and O–H groups in total. The van der Waals surface area contributed by atoms with Crippen molar-refractivity contribution in [3.05, 3.63) is 77.9 Å². The number of carbonyl (C=O) groups excluding carboxylic acids is 2. The van der Waals surface area contributed by atoms with Crippen LogP contribution in [0.5, 0.6) is 5.75 Å². The van der Waals surface area contributed by atoms with Gasteiger partial charge in [0.25, 0.3) is 11.8 Å². The lowest BCUT2D eigenvalue weighted by molar-refractivity contribution is -0.274. The van der Waals surface area contributed by atoms with Crippen LogP contribution in [0, 0.1) is 0 Å². The molecule has 0 aliphatic heterocycles. The largest absolute Gasteiger partial charge is 0.573 e. The first-order valence-electron chi connectivity index (χ1n) is 9.44. The van der Waals surface area contributed by atoms with Gasteiger partial charge in [-0.05, 0) is 59.7 Å². The average Bonchev–Trinajstić information content (AvgIpc) is 3.19. The molecule has 0 radical (unpaired) electrons. The number of hydrogen-bond donors (Lipinski definition) is 4. The van der Waals surface area contributed by atoms with Crippen molar-refractivity contribution in [3.63, 3.8) is 0 Å². The zero-order chi connectivity index (χ0) is 23.6. The number of nitrogens with zero attached hydrogens (tertiary/aromatic N) is 1. The number of alkyl halides is 3. The molecule has 2 amide bonds. The minimum absolute atomic E-state index is 0.177. The predicted molar refractivity (Wildman–Crippen MR) is 112 cm³/mol. The van der Waals surface area contributed by atoms with E-state index in [1.807, 2.05) is 0 Å². The molecule has 0 spiro atoms. The standard InChI is InChI=1S/C22H15F3N4O4/c23-22(24,25)33-16-3-1-2-14(10-16)15-8-9-17-18(11-15)27-28-19(17)26-20(30)12-4-6-13(7-5-12)21(31)29-32/h1-11,32H,(H,29,31)(H2,26,27,28,30). The van der Waals surface area contributed by atoms with Gasteiger partial charge in [0, 0.05) is 16.5 Å². The lowest BCUT2D eigenvalue weighted by atomic mass is 10.0. The number of fused-ring (bicyclic) bond motifs is 1. The van der Waals surface area contributed by atoms with Crippen LogP contribution in [0.15, 0.2) is 66.7 Å². The first-order valence-corrected chi connectivity index (χ1v) is 9.44. The van der Waals surface area contributed by atoms with E-state index in [9.17, 15) is 22.8 Å². The fraction of sp³-hybridized carbons (Fsp3) is 0.0455. The van der Waals surface area contributed by atoms with Crippen molar-refractivity contribution in [2.45, 2.75) is 6.36 Å². The number of benzene rings is 3. The lowest BCUT2D eigenvalue weighted by Crippen LogP contribution is -2.19. The number of hydrogen-bond acceptors (Lipinski definition) is 5. The molecule has 1 heterocycles. The Balaban J connectivity index is 1.54. The molecule has 0 aliphatic carbocycles. The van der Waals surface area contributed by atoms with Crippen LogP contribution in [0.3, 0.4) is 0 Å². The number of rotatable bonds is 5. The SMILES string of the molecule is O=C(NO)c1ccc(C(=O)Nc2n[nH]c3cc(-c4cccc(OC(F)(F)F)c4)ccc23)cc1. The number of aromatic amines is 1. The van der Waals surface area contributed by atoms with Crippen LogP contribution in [-0.4, -0.2) is 33.6 Å². The van der Waals surface area contributed by atoms with Crippen molar-refractivity contribution < 1.29 is 32.7 Å².